The molecule has 1 heteroatoms. The molecule has 0 saturated carbocycles. The van der Waals surface area contributed by atoms with Crippen molar-refractivity contribution in [2.24, 2.45) is 0 Å². The van der Waals surface area contributed by atoms with Crippen molar-refractivity contribution in [3.8, 4) is 33.4 Å². The van der Waals surface area contributed by atoms with Gasteiger partial charge in [0.1, 0.15) is 11.2 Å². The first-order valence-electron chi connectivity index (χ1n) is 17.5. The molecular formula is C49H32O. The molecule has 0 bridgehead atoms. The summed E-state index contributed by atoms with van der Waals surface area (Å²) in [4.78, 5) is 0. The summed E-state index contributed by atoms with van der Waals surface area (Å²) in [5.74, 6) is 0. The Balaban J connectivity index is 1.27. The van der Waals surface area contributed by atoms with Crippen LogP contribution in [0.5, 0.6) is 0 Å². The summed E-state index contributed by atoms with van der Waals surface area (Å²) in [6.07, 6.45) is 0. The average Bonchev–Trinajstić information content (AvgIpc) is 3.66. The fraction of sp³-hybridized carbons (Fsp3) is 0.0612. The summed E-state index contributed by atoms with van der Waals surface area (Å²) in [6.45, 7) is 4.87. The molecule has 0 atom stereocenters. The normalized spacial score (nSPS) is 13.6. The molecule has 9 aromatic carbocycles. The van der Waals surface area contributed by atoms with Gasteiger partial charge in [-0.15, -0.1) is 0 Å². The Morgan fingerprint density at radius 1 is 0.320 bits per heavy atom. The van der Waals surface area contributed by atoms with E-state index in [0.29, 0.717) is 0 Å². The van der Waals surface area contributed by atoms with Crippen molar-refractivity contribution in [3.05, 3.63) is 169 Å². The number of hydrogen-bond acceptors (Lipinski definition) is 1. The lowest BCUT2D eigenvalue weighted by Crippen LogP contribution is -2.17. The zero-order valence-corrected chi connectivity index (χ0v) is 27.9. The molecule has 0 amide bonds. The van der Waals surface area contributed by atoms with Crippen molar-refractivity contribution in [2.45, 2.75) is 19.3 Å². The zero-order valence-electron chi connectivity index (χ0n) is 27.9. The highest BCUT2D eigenvalue weighted by molar-refractivity contribution is 6.25. The Morgan fingerprint density at radius 3 is 1.34 bits per heavy atom. The van der Waals surface area contributed by atoms with Crippen molar-refractivity contribution in [1.29, 1.82) is 0 Å². The largest absolute Gasteiger partial charge is 0.455 e. The van der Waals surface area contributed by atoms with Crippen LogP contribution in [0.25, 0.3) is 98.4 Å². The Hall–Kier alpha value is -6.18. The van der Waals surface area contributed by atoms with E-state index in [-0.39, 0.29) is 5.41 Å². The van der Waals surface area contributed by atoms with Gasteiger partial charge in [0.25, 0.3) is 0 Å². The Labute approximate surface area is 290 Å². The highest BCUT2D eigenvalue weighted by atomic mass is 16.3. The first-order valence-corrected chi connectivity index (χ1v) is 17.5. The number of furan rings is 1. The molecule has 1 aliphatic carbocycles. The molecule has 1 aliphatic rings. The van der Waals surface area contributed by atoms with Gasteiger partial charge in [0.05, 0.1) is 0 Å². The van der Waals surface area contributed by atoms with E-state index in [1.165, 1.54) is 82.0 Å². The lowest BCUT2D eigenvalue weighted by atomic mass is 9.75. The van der Waals surface area contributed by atoms with E-state index in [4.69, 9.17) is 4.42 Å². The summed E-state index contributed by atoms with van der Waals surface area (Å²) >= 11 is 0. The number of fused-ring (bicyclic) bond motifs is 13. The molecule has 0 fully saturated rings. The van der Waals surface area contributed by atoms with Gasteiger partial charge in [0.15, 0.2) is 0 Å². The van der Waals surface area contributed by atoms with Gasteiger partial charge < -0.3 is 4.42 Å². The molecular weight excluding hydrogens is 605 g/mol. The fourth-order valence-electron chi connectivity index (χ4n) is 9.49. The van der Waals surface area contributed by atoms with Crippen LogP contribution in [-0.4, -0.2) is 0 Å². The van der Waals surface area contributed by atoms with E-state index in [0.717, 1.165) is 27.5 Å². The highest BCUT2D eigenvalue weighted by Gasteiger charge is 2.40. The molecule has 11 rings (SSSR count). The van der Waals surface area contributed by atoms with Crippen molar-refractivity contribution >= 4 is 65.0 Å². The third-order valence-electron chi connectivity index (χ3n) is 11.4. The minimum Gasteiger partial charge on any atom is -0.455 e. The second kappa shape index (κ2) is 9.94. The van der Waals surface area contributed by atoms with Crippen LogP contribution in [0.4, 0.5) is 0 Å². The van der Waals surface area contributed by atoms with E-state index in [9.17, 15) is 0 Å². The van der Waals surface area contributed by atoms with Crippen LogP contribution in [0, 0.1) is 0 Å². The minimum atomic E-state index is -0.231. The first-order chi connectivity index (χ1) is 24.6. The third kappa shape index (κ3) is 3.51. The van der Waals surface area contributed by atoms with Crippen LogP contribution in [0.2, 0.25) is 0 Å². The standard InChI is InChI=1S/C49H32O/c1-49(2)46-39(25-14-26-40(46)45-32-18-5-3-15-29(32)30-16-4-10-23-37(30)47(45)49)43-33-19-6-8-21-35(33)44(36-22-9-7-20-34(36)43)41-27-13-24-38-31-17-11-12-28-42(31)50-48(38)41/h3-28H,1-2H3. The van der Waals surface area contributed by atoms with E-state index >= 15 is 0 Å². The van der Waals surface area contributed by atoms with Crippen LogP contribution in [-0.2, 0) is 5.41 Å². The van der Waals surface area contributed by atoms with E-state index in [1.54, 1.807) is 0 Å². The predicted molar refractivity (Wildman–Crippen MR) is 212 cm³/mol. The van der Waals surface area contributed by atoms with Crippen LogP contribution in [0.3, 0.4) is 0 Å². The highest BCUT2D eigenvalue weighted by Crippen LogP contribution is 2.58. The topological polar surface area (TPSA) is 13.1 Å². The quantitative estimate of drug-likeness (QED) is 0.136. The number of para-hydroxylation sites is 2. The maximum atomic E-state index is 6.64. The van der Waals surface area contributed by atoms with E-state index in [2.05, 4.69) is 166 Å². The van der Waals surface area contributed by atoms with Crippen molar-refractivity contribution in [2.75, 3.05) is 0 Å². The molecule has 1 heterocycles. The molecule has 0 saturated heterocycles. The van der Waals surface area contributed by atoms with Crippen LogP contribution in [0.15, 0.2) is 162 Å². The van der Waals surface area contributed by atoms with E-state index in [1.807, 2.05) is 6.07 Å². The third-order valence-corrected chi connectivity index (χ3v) is 11.4. The Morgan fingerprint density at radius 2 is 0.720 bits per heavy atom. The number of hydrogen-bond donors (Lipinski definition) is 0. The lowest BCUT2D eigenvalue weighted by Gasteiger charge is -2.27. The van der Waals surface area contributed by atoms with Gasteiger partial charge in [-0.2, -0.15) is 0 Å². The molecule has 0 aliphatic heterocycles. The second-order valence-corrected chi connectivity index (χ2v) is 14.3. The SMILES string of the molecule is CC1(C)c2c(-c3c4ccccc4c(-c4cccc5c4oc4ccccc45)c4ccccc34)cccc2-c2c1c1ccccc1c1ccccc21. The van der Waals surface area contributed by atoms with Crippen LogP contribution < -0.4 is 0 Å². The fourth-order valence-corrected chi connectivity index (χ4v) is 9.49. The first kappa shape index (κ1) is 27.7. The maximum Gasteiger partial charge on any atom is 0.143 e. The number of benzene rings is 9. The van der Waals surface area contributed by atoms with Crippen LogP contribution >= 0.6 is 0 Å². The zero-order chi connectivity index (χ0) is 33.1. The van der Waals surface area contributed by atoms with Gasteiger partial charge >= 0.3 is 0 Å². The summed E-state index contributed by atoms with van der Waals surface area (Å²) in [6, 6.07) is 57.9. The van der Waals surface area contributed by atoms with Crippen molar-refractivity contribution < 1.29 is 4.42 Å². The molecule has 10 aromatic rings. The second-order valence-electron chi connectivity index (χ2n) is 14.3. The molecule has 234 valence electrons. The summed E-state index contributed by atoms with van der Waals surface area (Å²) in [7, 11) is 0. The molecule has 0 radical (unpaired) electrons. The monoisotopic (exact) mass is 636 g/mol. The molecule has 1 nitrogen and oxygen atoms in total. The van der Waals surface area contributed by atoms with Crippen molar-refractivity contribution in [3.63, 3.8) is 0 Å². The van der Waals surface area contributed by atoms with Gasteiger partial charge in [-0.25, -0.2) is 0 Å². The van der Waals surface area contributed by atoms with Crippen LogP contribution in [0.1, 0.15) is 25.0 Å². The maximum absolute atomic E-state index is 6.64. The summed E-state index contributed by atoms with van der Waals surface area (Å²) < 4.78 is 6.64. The Kier molecular flexibility index (Phi) is 5.51. The molecule has 0 unspecified atom stereocenters. The minimum absolute atomic E-state index is 0.231. The van der Waals surface area contributed by atoms with Gasteiger partial charge in [0, 0.05) is 27.3 Å². The molecule has 0 spiro atoms. The van der Waals surface area contributed by atoms with Gasteiger partial charge in [-0.3, -0.25) is 0 Å². The molecule has 0 N–H and O–H groups in total. The van der Waals surface area contributed by atoms with Gasteiger partial charge in [0.2, 0.25) is 0 Å². The molecule has 1 aromatic heterocycles. The van der Waals surface area contributed by atoms with Gasteiger partial charge in [-0.05, 0) is 82.5 Å². The van der Waals surface area contributed by atoms with Crippen molar-refractivity contribution in [1.82, 2.24) is 0 Å². The summed E-state index contributed by atoms with van der Waals surface area (Å²) in [5, 5.41) is 12.6. The Bertz CT molecular complexity index is 3010. The smallest absolute Gasteiger partial charge is 0.143 e. The summed E-state index contributed by atoms with van der Waals surface area (Å²) in [5.41, 5.74) is 12.1. The predicted octanol–water partition coefficient (Wildman–Crippen LogP) is 13.8. The average molecular weight is 637 g/mol. The number of rotatable bonds is 2. The van der Waals surface area contributed by atoms with Gasteiger partial charge in [-0.1, -0.05) is 166 Å². The van der Waals surface area contributed by atoms with E-state index < -0.39 is 0 Å². The lowest BCUT2D eigenvalue weighted by molar-refractivity contribution is 0.668. The molecule has 50 heavy (non-hydrogen) atoms.